The third-order valence-corrected chi connectivity index (χ3v) is 6.23. The van der Waals surface area contributed by atoms with Crippen LogP contribution in [-0.4, -0.2) is 55.6 Å². The number of fused-ring (bicyclic) bond motifs is 2. The lowest BCUT2D eigenvalue weighted by molar-refractivity contribution is -0.154. The zero-order chi connectivity index (χ0) is 19.7. The van der Waals surface area contributed by atoms with Crippen molar-refractivity contribution in [2.24, 2.45) is 5.92 Å². The molecular formula is C20H27N5O3. The van der Waals surface area contributed by atoms with Gasteiger partial charge in [-0.15, -0.1) is 0 Å². The van der Waals surface area contributed by atoms with Gasteiger partial charge in [0.2, 0.25) is 0 Å². The Balaban J connectivity index is 1.37. The highest BCUT2D eigenvalue weighted by Gasteiger charge is 2.35. The van der Waals surface area contributed by atoms with Gasteiger partial charge in [-0.3, -0.25) is 9.59 Å². The molecule has 1 saturated heterocycles. The first-order valence-corrected chi connectivity index (χ1v) is 10.2. The number of esters is 1. The Morgan fingerprint density at radius 1 is 1.18 bits per heavy atom. The van der Waals surface area contributed by atoms with Gasteiger partial charge in [-0.25, -0.2) is 9.50 Å². The lowest BCUT2D eigenvalue weighted by Gasteiger charge is -2.44. The van der Waals surface area contributed by atoms with Crippen LogP contribution in [0.5, 0.6) is 0 Å². The third-order valence-electron chi connectivity index (χ3n) is 6.23. The van der Waals surface area contributed by atoms with Crippen molar-refractivity contribution in [3.05, 3.63) is 23.3 Å². The molecule has 2 aromatic rings. The highest BCUT2D eigenvalue weighted by molar-refractivity contribution is 5.82. The van der Waals surface area contributed by atoms with Gasteiger partial charge in [0.25, 0.3) is 11.7 Å². The average Bonchev–Trinajstić information content (AvgIpc) is 3.17. The van der Waals surface area contributed by atoms with Crippen molar-refractivity contribution in [1.29, 1.82) is 0 Å². The van der Waals surface area contributed by atoms with E-state index in [0.29, 0.717) is 17.7 Å². The topological polar surface area (TPSA) is 89.7 Å². The summed E-state index contributed by atoms with van der Waals surface area (Å²) in [5.74, 6) is 0.642. The molecule has 2 aliphatic rings. The lowest BCUT2D eigenvalue weighted by atomic mass is 9.78. The molecule has 0 spiro atoms. The van der Waals surface area contributed by atoms with E-state index in [1.165, 1.54) is 32.0 Å². The molecule has 0 bridgehead atoms. The van der Waals surface area contributed by atoms with E-state index in [1.54, 1.807) is 4.52 Å². The fraction of sp³-hybridized carbons (Fsp3) is 0.650. The molecule has 28 heavy (non-hydrogen) atoms. The van der Waals surface area contributed by atoms with Crippen LogP contribution in [0.3, 0.4) is 0 Å². The smallest absolute Gasteiger partial charge is 0.310 e. The molecule has 2 fully saturated rings. The fourth-order valence-electron chi connectivity index (χ4n) is 4.77. The minimum absolute atomic E-state index is 0.0664. The predicted molar refractivity (Wildman–Crippen MR) is 102 cm³/mol. The second-order valence-corrected chi connectivity index (χ2v) is 7.91. The Morgan fingerprint density at radius 3 is 2.82 bits per heavy atom. The number of amides is 1. The summed E-state index contributed by atoms with van der Waals surface area (Å²) in [6, 6.07) is 0.331. The summed E-state index contributed by atoms with van der Waals surface area (Å²) >= 11 is 0. The Labute approximate surface area is 164 Å². The first kappa shape index (κ1) is 18.8. The molecule has 0 radical (unpaired) electrons. The number of aryl methyl sites for hydroxylation is 2. The van der Waals surface area contributed by atoms with Crippen LogP contribution < -0.4 is 0 Å². The van der Waals surface area contributed by atoms with Crippen LogP contribution in [-0.2, 0) is 20.7 Å². The number of carbonyl (C=O) groups is 2. The van der Waals surface area contributed by atoms with Crippen molar-refractivity contribution >= 4 is 17.7 Å². The molecule has 0 unspecified atom stereocenters. The molecule has 150 valence electrons. The van der Waals surface area contributed by atoms with E-state index < -0.39 is 5.97 Å². The number of likely N-dealkylation sites (tertiary alicyclic amines) is 1. The number of rotatable bonds is 4. The summed E-state index contributed by atoms with van der Waals surface area (Å²) in [6.45, 7) is 4.31. The van der Waals surface area contributed by atoms with Crippen molar-refractivity contribution in [1.82, 2.24) is 24.5 Å². The van der Waals surface area contributed by atoms with Gasteiger partial charge in [-0.05, 0) is 45.4 Å². The first-order chi connectivity index (χ1) is 13.5. The van der Waals surface area contributed by atoms with E-state index in [9.17, 15) is 9.59 Å². The number of ether oxygens (including phenoxy) is 1. The number of aromatic nitrogens is 4. The van der Waals surface area contributed by atoms with Crippen molar-refractivity contribution in [2.45, 2.75) is 64.8 Å². The number of piperidine rings is 1. The second kappa shape index (κ2) is 7.85. The minimum Gasteiger partial charge on any atom is -0.455 e. The van der Waals surface area contributed by atoms with E-state index in [1.807, 2.05) is 18.7 Å². The maximum atomic E-state index is 12.7. The van der Waals surface area contributed by atoms with Gasteiger partial charge in [0.1, 0.15) is 6.33 Å². The summed E-state index contributed by atoms with van der Waals surface area (Å²) < 4.78 is 6.95. The van der Waals surface area contributed by atoms with E-state index in [2.05, 4.69) is 15.1 Å². The highest BCUT2D eigenvalue weighted by Crippen LogP contribution is 2.35. The number of nitrogens with zero attached hydrogens (tertiary/aromatic N) is 5. The third kappa shape index (κ3) is 3.59. The van der Waals surface area contributed by atoms with Gasteiger partial charge in [0, 0.05) is 29.5 Å². The second-order valence-electron chi connectivity index (χ2n) is 7.91. The van der Waals surface area contributed by atoms with Crippen LogP contribution in [0.2, 0.25) is 0 Å². The molecule has 8 heteroatoms. The quantitative estimate of drug-likeness (QED) is 0.748. The lowest BCUT2D eigenvalue weighted by Crippen LogP contribution is -2.50. The Morgan fingerprint density at radius 2 is 1.96 bits per heavy atom. The van der Waals surface area contributed by atoms with Gasteiger partial charge >= 0.3 is 5.97 Å². The molecule has 2 aromatic heterocycles. The Kier molecular flexibility index (Phi) is 5.28. The van der Waals surface area contributed by atoms with Crippen molar-refractivity contribution < 1.29 is 14.3 Å². The van der Waals surface area contributed by atoms with Crippen molar-refractivity contribution in [3.63, 3.8) is 0 Å². The van der Waals surface area contributed by atoms with E-state index in [0.717, 1.165) is 36.3 Å². The molecule has 0 aromatic carbocycles. The molecule has 2 atom stereocenters. The maximum Gasteiger partial charge on any atom is 0.310 e. The van der Waals surface area contributed by atoms with Crippen LogP contribution in [0, 0.1) is 19.8 Å². The summed E-state index contributed by atoms with van der Waals surface area (Å²) in [4.78, 5) is 35.5. The monoisotopic (exact) mass is 385 g/mol. The van der Waals surface area contributed by atoms with Crippen LogP contribution in [0.15, 0.2) is 6.33 Å². The van der Waals surface area contributed by atoms with Gasteiger partial charge in [-0.2, -0.15) is 10.1 Å². The molecule has 1 aliphatic carbocycles. The van der Waals surface area contributed by atoms with E-state index >= 15 is 0 Å². The van der Waals surface area contributed by atoms with E-state index in [-0.39, 0.29) is 18.9 Å². The molecule has 1 amide bonds. The SMILES string of the molecule is Cc1nc2ncnn2c(C)c1CC(=O)OCC(=O)N1CCC[C@@H]2CCCC[C@@H]21. The highest BCUT2D eigenvalue weighted by atomic mass is 16.5. The van der Waals surface area contributed by atoms with Crippen LogP contribution in [0.25, 0.3) is 5.78 Å². The molecule has 3 heterocycles. The van der Waals surface area contributed by atoms with Crippen LogP contribution in [0.1, 0.15) is 55.5 Å². The summed E-state index contributed by atoms with van der Waals surface area (Å²) in [5.41, 5.74) is 2.30. The van der Waals surface area contributed by atoms with Gasteiger partial charge in [-0.1, -0.05) is 12.8 Å². The van der Waals surface area contributed by atoms with E-state index in [4.69, 9.17) is 4.74 Å². The van der Waals surface area contributed by atoms with Crippen molar-refractivity contribution in [3.8, 4) is 0 Å². The van der Waals surface area contributed by atoms with Crippen LogP contribution >= 0.6 is 0 Å². The molecule has 1 aliphatic heterocycles. The standard InChI is InChI=1S/C20H27N5O3/c1-13-16(14(2)25-20(23-13)21-12-22-25)10-19(27)28-11-18(26)24-9-5-7-15-6-3-4-8-17(15)24/h12,15,17H,3-11H2,1-2H3/t15-,17-/m0/s1. The summed E-state index contributed by atoms with van der Waals surface area (Å²) in [6.07, 6.45) is 8.50. The zero-order valence-corrected chi connectivity index (χ0v) is 16.6. The fourth-order valence-corrected chi connectivity index (χ4v) is 4.77. The summed E-state index contributed by atoms with van der Waals surface area (Å²) in [5, 5.41) is 4.13. The largest absolute Gasteiger partial charge is 0.455 e. The average molecular weight is 385 g/mol. The number of carbonyl (C=O) groups excluding carboxylic acids is 2. The molecular weight excluding hydrogens is 358 g/mol. The normalized spacial score (nSPS) is 22.1. The van der Waals surface area contributed by atoms with Gasteiger partial charge in [0.15, 0.2) is 6.61 Å². The molecule has 1 saturated carbocycles. The Hall–Kier alpha value is -2.51. The zero-order valence-electron chi connectivity index (χ0n) is 16.6. The first-order valence-electron chi connectivity index (χ1n) is 10.2. The Bertz CT molecular complexity index is 891. The number of hydrogen-bond donors (Lipinski definition) is 0. The van der Waals surface area contributed by atoms with Gasteiger partial charge < -0.3 is 9.64 Å². The number of hydrogen-bond acceptors (Lipinski definition) is 6. The maximum absolute atomic E-state index is 12.7. The van der Waals surface area contributed by atoms with Gasteiger partial charge in [0.05, 0.1) is 6.42 Å². The van der Waals surface area contributed by atoms with Crippen LogP contribution in [0.4, 0.5) is 0 Å². The minimum atomic E-state index is -0.419. The summed E-state index contributed by atoms with van der Waals surface area (Å²) in [7, 11) is 0. The molecule has 0 N–H and O–H groups in total. The predicted octanol–water partition coefficient (Wildman–Crippen LogP) is 2.01. The molecule has 4 rings (SSSR count). The molecule has 8 nitrogen and oxygen atoms in total. The van der Waals surface area contributed by atoms with Crippen molar-refractivity contribution in [2.75, 3.05) is 13.2 Å².